The normalized spacial score (nSPS) is 10.2. The van der Waals surface area contributed by atoms with Crippen molar-refractivity contribution in [3.8, 4) is 0 Å². The van der Waals surface area contributed by atoms with Crippen LogP contribution in [-0.2, 0) is 6.42 Å². The minimum absolute atomic E-state index is 0.0328. The largest absolute Gasteiger partial charge is 0.478 e. The third kappa shape index (κ3) is 3.54. The molecule has 2 aromatic rings. The average Bonchev–Trinajstić information content (AvgIpc) is 2.45. The minimum atomic E-state index is -1.02. The monoisotopic (exact) mass is 268 g/mol. The van der Waals surface area contributed by atoms with Crippen molar-refractivity contribution in [2.24, 2.45) is 0 Å². The molecule has 0 aromatic heterocycles. The third-order valence-electron chi connectivity index (χ3n) is 3.15. The number of carbonyl (C=O) groups excluding carboxylic acids is 1. The zero-order valence-electron chi connectivity index (χ0n) is 11.3. The molecule has 0 bridgehead atoms. The van der Waals surface area contributed by atoms with E-state index in [0.717, 1.165) is 5.56 Å². The van der Waals surface area contributed by atoms with Gasteiger partial charge in [0.1, 0.15) is 0 Å². The van der Waals surface area contributed by atoms with Crippen molar-refractivity contribution < 1.29 is 14.7 Å². The Bertz CT molecular complexity index is 644. The lowest BCUT2D eigenvalue weighted by Gasteiger charge is -2.04. The Morgan fingerprint density at radius 1 is 1.00 bits per heavy atom. The molecule has 102 valence electrons. The molecule has 0 amide bonds. The van der Waals surface area contributed by atoms with Gasteiger partial charge in [0.25, 0.3) is 0 Å². The molecular formula is C17H16O3. The molecule has 0 saturated carbocycles. The van der Waals surface area contributed by atoms with Crippen LogP contribution < -0.4 is 0 Å². The lowest BCUT2D eigenvalue weighted by molar-refractivity contribution is 0.0697. The topological polar surface area (TPSA) is 54.4 Å². The molecule has 0 fully saturated rings. The van der Waals surface area contributed by atoms with Gasteiger partial charge in [0.2, 0.25) is 0 Å². The standard InChI is InChI=1S/C17H16O3/c1-12-4-2-5-13(10-12)8-9-16(18)14-6-3-7-15(11-14)17(19)20/h2-7,10-11H,8-9H2,1H3,(H,19,20). The predicted octanol–water partition coefficient (Wildman–Crippen LogP) is 3.51. The van der Waals surface area contributed by atoms with Crippen LogP contribution in [0, 0.1) is 6.92 Å². The maximum absolute atomic E-state index is 12.1. The zero-order valence-corrected chi connectivity index (χ0v) is 11.3. The molecule has 0 spiro atoms. The van der Waals surface area contributed by atoms with Gasteiger partial charge < -0.3 is 5.11 Å². The number of ketones is 1. The maximum atomic E-state index is 12.1. The molecule has 0 aliphatic carbocycles. The number of hydrogen-bond acceptors (Lipinski definition) is 2. The van der Waals surface area contributed by atoms with Gasteiger partial charge in [-0.25, -0.2) is 4.79 Å². The van der Waals surface area contributed by atoms with Crippen molar-refractivity contribution in [2.45, 2.75) is 19.8 Å². The summed E-state index contributed by atoms with van der Waals surface area (Å²) >= 11 is 0. The highest BCUT2D eigenvalue weighted by Gasteiger charge is 2.09. The first-order valence-electron chi connectivity index (χ1n) is 6.48. The van der Waals surface area contributed by atoms with Crippen molar-refractivity contribution in [3.05, 3.63) is 70.8 Å². The van der Waals surface area contributed by atoms with Gasteiger partial charge in [0, 0.05) is 12.0 Å². The summed E-state index contributed by atoms with van der Waals surface area (Å²) in [5.41, 5.74) is 2.89. The highest BCUT2D eigenvalue weighted by Crippen LogP contribution is 2.12. The van der Waals surface area contributed by atoms with Crippen molar-refractivity contribution in [3.63, 3.8) is 0 Å². The Morgan fingerprint density at radius 2 is 1.70 bits per heavy atom. The van der Waals surface area contributed by atoms with Gasteiger partial charge in [0.05, 0.1) is 5.56 Å². The number of carbonyl (C=O) groups is 2. The van der Waals surface area contributed by atoms with Gasteiger partial charge in [-0.2, -0.15) is 0 Å². The Hall–Kier alpha value is -2.42. The van der Waals surface area contributed by atoms with Crippen LogP contribution >= 0.6 is 0 Å². The number of benzene rings is 2. The molecular weight excluding hydrogens is 252 g/mol. The SMILES string of the molecule is Cc1cccc(CCC(=O)c2cccc(C(=O)O)c2)c1. The fraction of sp³-hybridized carbons (Fsp3) is 0.176. The molecule has 3 nitrogen and oxygen atoms in total. The quantitative estimate of drug-likeness (QED) is 0.844. The number of carboxylic acids is 1. The fourth-order valence-corrected chi connectivity index (χ4v) is 2.10. The van der Waals surface area contributed by atoms with Crippen molar-refractivity contribution in [1.82, 2.24) is 0 Å². The smallest absolute Gasteiger partial charge is 0.335 e. The predicted molar refractivity (Wildman–Crippen MR) is 77.2 cm³/mol. The average molecular weight is 268 g/mol. The van der Waals surface area contributed by atoms with E-state index in [1.165, 1.54) is 17.7 Å². The molecule has 1 N–H and O–H groups in total. The van der Waals surface area contributed by atoms with Gasteiger partial charge in [0.15, 0.2) is 5.78 Å². The van der Waals surface area contributed by atoms with Crippen LogP contribution in [0.2, 0.25) is 0 Å². The zero-order chi connectivity index (χ0) is 14.5. The van der Waals surface area contributed by atoms with Crippen LogP contribution in [0.5, 0.6) is 0 Å². The summed E-state index contributed by atoms with van der Waals surface area (Å²) in [6.45, 7) is 2.02. The molecule has 0 radical (unpaired) electrons. The van der Waals surface area contributed by atoms with Crippen LogP contribution in [0.4, 0.5) is 0 Å². The minimum Gasteiger partial charge on any atom is -0.478 e. The van der Waals surface area contributed by atoms with Gasteiger partial charge in [-0.05, 0) is 31.0 Å². The summed E-state index contributed by atoms with van der Waals surface area (Å²) in [4.78, 5) is 23.0. The summed E-state index contributed by atoms with van der Waals surface area (Å²) < 4.78 is 0. The summed E-state index contributed by atoms with van der Waals surface area (Å²) in [6, 6.07) is 14.2. The Labute approximate surface area is 117 Å². The van der Waals surface area contributed by atoms with E-state index in [-0.39, 0.29) is 11.3 Å². The lowest BCUT2D eigenvalue weighted by Crippen LogP contribution is -2.04. The summed E-state index contributed by atoms with van der Waals surface area (Å²) in [5, 5.41) is 8.92. The first-order valence-corrected chi connectivity index (χ1v) is 6.48. The van der Waals surface area contributed by atoms with E-state index in [9.17, 15) is 9.59 Å². The number of aromatic carboxylic acids is 1. The number of Topliss-reactive ketones (excluding diaryl/α,β-unsaturated/α-hetero) is 1. The second kappa shape index (κ2) is 6.15. The molecule has 0 heterocycles. The lowest BCUT2D eigenvalue weighted by atomic mass is 10.0. The van der Waals surface area contributed by atoms with E-state index in [1.807, 2.05) is 25.1 Å². The summed E-state index contributed by atoms with van der Waals surface area (Å²) in [6.07, 6.45) is 1.05. The van der Waals surface area contributed by atoms with E-state index in [2.05, 4.69) is 6.07 Å². The van der Waals surface area contributed by atoms with E-state index in [4.69, 9.17) is 5.11 Å². The maximum Gasteiger partial charge on any atom is 0.335 e. The molecule has 0 saturated heterocycles. The van der Waals surface area contributed by atoms with Gasteiger partial charge in [-0.15, -0.1) is 0 Å². The molecule has 20 heavy (non-hydrogen) atoms. The Morgan fingerprint density at radius 3 is 2.40 bits per heavy atom. The molecule has 2 rings (SSSR count). The molecule has 0 atom stereocenters. The van der Waals surface area contributed by atoms with E-state index >= 15 is 0 Å². The first kappa shape index (κ1) is 14.0. The van der Waals surface area contributed by atoms with Gasteiger partial charge in [-0.1, -0.05) is 42.0 Å². The number of aryl methyl sites for hydroxylation is 2. The van der Waals surface area contributed by atoms with Crippen molar-refractivity contribution >= 4 is 11.8 Å². The molecule has 2 aromatic carbocycles. The van der Waals surface area contributed by atoms with Crippen LogP contribution in [0.15, 0.2) is 48.5 Å². The fourth-order valence-electron chi connectivity index (χ4n) is 2.10. The number of rotatable bonds is 5. The Kier molecular flexibility index (Phi) is 4.31. The first-order chi connectivity index (χ1) is 9.56. The third-order valence-corrected chi connectivity index (χ3v) is 3.15. The molecule has 0 aliphatic heterocycles. The van der Waals surface area contributed by atoms with Crippen LogP contribution in [0.25, 0.3) is 0 Å². The van der Waals surface area contributed by atoms with Crippen LogP contribution in [0.3, 0.4) is 0 Å². The number of carboxylic acid groups (broad SMARTS) is 1. The highest BCUT2D eigenvalue weighted by atomic mass is 16.4. The molecule has 0 unspecified atom stereocenters. The van der Waals surface area contributed by atoms with Gasteiger partial charge >= 0.3 is 5.97 Å². The van der Waals surface area contributed by atoms with E-state index in [0.29, 0.717) is 18.4 Å². The Balaban J connectivity index is 2.05. The van der Waals surface area contributed by atoms with Crippen LogP contribution in [0.1, 0.15) is 38.3 Å². The van der Waals surface area contributed by atoms with Gasteiger partial charge in [-0.3, -0.25) is 4.79 Å². The highest BCUT2D eigenvalue weighted by molar-refractivity contribution is 5.98. The number of hydrogen-bond donors (Lipinski definition) is 1. The van der Waals surface area contributed by atoms with Crippen molar-refractivity contribution in [1.29, 1.82) is 0 Å². The molecule has 3 heteroatoms. The molecule has 0 aliphatic rings. The second-order valence-electron chi connectivity index (χ2n) is 4.80. The van der Waals surface area contributed by atoms with Crippen LogP contribution in [-0.4, -0.2) is 16.9 Å². The second-order valence-corrected chi connectivity index (χ2v) is 4.80. The summed E-state index contributed by atoms with van der Waals surface area (Å²) in [5.74, 6) is -1.05. The van der Waals surface area contributed by atoms with E-state index < -0.39 is 5.97 Å². The van der Waals surface area contributed by atoms with E-state index in [1.54, 1.807) is 12.1 Å². The summed E-state index contributed by atoms with van der Waals surface area (Å²) in [7, 11) is 0. The van der Waals surface area contributed by atoms with Crippen molar-refractivity contribution in [2.75, 3.05) is 0 Å².